The van der Waals surface area contributed by atoms with Crippen molar-refractivity contribution >= 4 is 50.4 Å². The monoisotopic (exact) mass is 911 g/mol. The number of anilines is 3. The number of rotatable bonds is 14. The zero-order valence-electron chi connectivity index (χ0n) is 38.8. The van der Waals surface area contributed by atoms with Crippen LogP contribution >= 0.6 is 0 Å². The molecule has 2 aromatic carbocycles. The molecule has 19 heteroatoms. The van der Waals surface area contributed by atoms with Gasteiger partial charge in [0.1, 0.15) is 59.3 Å². The van der Waals surface area contributed by atoms with E-state index in [0.29, 0.717) is 72.3 Å². The SMILES string of the molecule is CN[C@@H](C)C(=O)N[C@H](C(O)N1Cc2cc(Oc3cc(N4CCC(Oc5cc6ncnc(Nc7n[nH]c(C)c7C)c6cc5S(=O)(=O)C(C)(C)C)CC4)ncn3)ccc2C[C@H]1C=O)C(C)(C)C. The fraction of sp³-hybridized carbons (Fsp3) is 0.500. The topological polar surface area (TPSA) is 230 Å². The lowest BCUT2D eigenvalue weighted by Crippen LogP contribution is -2.62. The van der Waals surface area contributed by atoms with Crippen molar-refractivity contribution < 1.29 is 32.6 Å². The van der Waals surface area contributed by atoms with Crippen LogP contribution in [0.4, 0.5) is 17.5 Å². The molecule has 18 nitrogen and oxygen atoms in total. The molecule has 7 rings (SSSR count). The number of carbonyl (C=O) groups excluding carboxylic acids is 2. The third-order valence-corrected chi connectivity index (χ3v) is 14.9. The summed E-state index contributed by atoms with van der Waals surface area (Å²) >= 11 is 0. The van der Waals surface area contributed by atoms with Crippen molar-refractivity contribution in [2.75, 3.05) is 30.4 Å². The number of carbonyl (C=O) groups is 2. The molecule has 3 aromatic heterocycles. The van der Waals surface area contributed by atoms with Crippen LogP contribution in [0.2, 0.25) is 0 Å². The molecule has 5 heterocycles. The van der Waals surface area contributed by atoms with Crippen LogP contribution in [0, 0.1) is 19.3 Å². The highest BCUT2D eigenvalue weighted by molar-refractivity contribution is 7.92. The van der Waals surface area contributed by atoms with E-state index >= 15 is 0 Å². The van der Waals surface area contributed by atoms with Crippen LogP contribution in [0.5, 0.6) is 17.4 Å². The Morgan fingerprint density at radius 2 is 1.69 bits per heavy atom. The van der Waals surface area contributed by atoms with E-state index in [1.54, 1.807) is 57.8 Å². The molecule has 0 aliphatic carbocycles. The molecular weight excluding hydrogens is 851 g/mol. The van der Waals surface area contributed by atoms with Gasteiger partial charge in [0.05, 0.1) is 28.4 Å². The maximum atomic E-state index is 14.1. The molecule has 5 N–H and O–H groups in total. The lowest BCUT2D eigenvalue weighted by atomic mass is 9.83. The first kappa shape index (κ1) is 47.2. The summed E-state index contributed by atoms with van der Waals surface area (Å²) in [5.74, 6) is 2.54. The number of aromatic nitrogens is 6. The molecule has 5 aromatic rings. The minimum atomic E-state index is -3.87. The van der Waals surface area contributed by atoms with E-state index in [2.05, 4.69) is 51.0 Å². The number of amides is 1. The Bertz CT molecular complexity index is 2650. The van der Waals surface area contributed by atoms with Crippen LogP contribution in [0.1, 0.15) is 83.7 Å². The van der Waals surface area contributed by atoms with Gasteiger partial charge in [-0.2, -0.15) is 5.10 Å². The number of piperidine rings is 1. The third-order valence-electron chi connectivity index (χ3n) is 12.4. The van der Waals surface area contributed by atoms with Crippen LogP contribution in [-0.2, 0) is 32.4 Å². The maximum absolute atomic E-state index is 14.1. The predicted octanol–water partition coefficient (Wildman–Crippen LogP) is 5.30. The smallest absolute Gasteiger partial charge is 0.237 e. The van der Waals surface area contributed by atoms with E-state index in [9.17, 15) is 23.1 Å². The Kier molecular flexibility index (Phi) is 13.5. The van der Waals surface area contributed by atoms with Gasteiger partial charge < -0.3 is 40.2 Å². The summed E-state index contributed by atoms with van der Waals surface area (Å²) in [6.45, 7) is 17.8. The molecule has 0 spiro atoms. The maximum Gasteiger partial charge on any atom is 0.237 e. The molecule has 1 saturated heterocycles. The molecule has 2 aliphatic rings. The molecule has 1 amide bonds. The van der Waals surface area contributed by atoms with E-state index in [0.717, 1.165) is 28.7 Å². The molecular formula is C46H61N11O7S. The fourth-order valence-electron chi connectivity index (χ4n) is 8.00. The van der Waals surface area contributed by atoms with E-state index in [4.69, 9.17) is 9.47 Å². The van der Waals surface area contributed by atoms with Crippen molar-refractivity contribution in [3.05, 3.63) is 71.4 Å². The molecule has 65 heavy (non-hydrogen) atoms. The number of ether oxygens (including phenoxy) is 2. The van der Waals surface area contributed by atoms with Gasteiger partial charge in [0.15, 0.2) is 15.7 Å². The normalized spacial score (nSPS) is 17.8. The first-order valence-corrected chi connectivity index (χ1v) is 23.4. The second kappa shape index (κ2) is 18.6. The molecule has 0 saturated carbocycles. The number of likely N-dealkylation sites (N-methyl/N-ethyl adjacent to an activating group) is 1. The van der Waals surface area contributed by atoms with Crippen molar-refractivity contribution in [1.29, 1.82) is 0 Å². The van der Waals surface area contributed by atoms with Gasteiger partial charge >= 0.3 is 0 Å². The average molecular weight is 912 g/mol. The van der Waals surface area contributed by atoms with E-state index in [1.807, 2.05) is 52.8 Å². The first-order valence-electron chi connectivity index (χ1n) is 21.9. The van der Waals surface area contributed by atoms with Gasteiger partial charge in [-0.1, -0.05) is 26.8 Å². The average Bonchev–Trinajstić information content (AvgIpc) is 3.58. The zero-order valence-corrected chi connectivity index (χ0v) is 39.6. The Morgan fingerprint density at radius 1 is 0.969 bits per heavy atom. The van der Waals surface area contributed by atoms with Gasteiger partial charge in [-0.25, -0.2) is 28.4 Å². The van der Waals surface area contributed by atoms with E-state index in [-0.39, 0.29) is 29.2 Å². The number of hydrogen-bond donors (Lipinski definition) is 5. The van der Waals surface area contributed by atoms with Crippen molar-refractivity contribution in [1.82, 2.24) is 45.7 Å². The van der Waals surface area contributed by atoms with Gasteiger partial charge in [0.25, 0.3) is 0 Å². The fourth-order valence-corrected chi connectivity index (χ4v) is 9.30. The van der Waals surface area contributed by atoms with Crippen LogP contribution in [-0.4, -0.2) is 116 Å². The van der Waals surface area contributed by atoms with Crippen LogP contribution in [0.3, 0.4) is 0 Å². The number of fused-ring (bicyclic) bond motifs is 2. The van der Waals surface area contributed by atoms with Gasteiger partial charge in [0.2, 0.25) is 11.8 Å². The van der Waals surface area contributed by atoms with E-state index < -0.39 is 44.4 Å². The van der Waals surface area contributed by atoms with Crippen LogP contribution in [0.25, 0.3) is 10.9 Å². The summed E-state index contributed by atoms with van der Waals surface area (Å²) in [6, 6.07) is 8.98. The summed E-state index contributed by atoms with van der Waals surface area (Å²) in [4.78, 5) is 47.0. The number of aliphatic hydroxyl groups excluding tert-OH is 1. The third kappa shape index (κ3) is 10.1. The standard InChI is InChI=1S/C46H61N11O7S/c1-26-27(2)54-55-41(26)53-42-34-19-37(65(61,62)46(7,8)9)36(20-35(34)48-24-51-42)63-32-13-15-56(16-14-32)38-21-39(50-25-49-38)64-33-12-11-29-17-31(23-58)57(22-30(29)18-33)44(60)40(45(4,5)6)52-43(59)28(3)47-10/h11-12,18-21,23-25,28,31-32,40,44,47,60H,13-17,22H2,1-10H3,(H,52,59)(H2,48,51,53,54,55)/t28-,31-,40+,44?/m0/s1. The molecule has 0 bridgehead atoms. The van der Waals surface area contributed by atoms with Crippen molar-refractivity contribution in [3.63, 3.8) is 0 Å². The molecule has 1 unspecified atom stereocenters. The van der Waals surface area contributed by atoms with Gasteiger partial charge in [-0.3, -0.25) is 14.8 Å². The minimum Gasteiger partial charge on any atom is -0.489 e. The van der Waals surface area contributed by atoms with E-state index in [1.165, 1.54) is 12.7 Å². The Morgan fingerprint density at radius 3 is 2.34 bits per heavy atom. The molecule has 0 radical (unpaired) electrons. The largest absolute Gasteiger partial charge is 0.489 e. The number of nitrogens with one attached hydrogen (secondary N) is 4. The number of hydrogen-bond acceptors (Lipinski definition) is 16. The van der Waals surface area contributed by atoms with Crippen LogP contribution in [0.15, 0.2) is 53.9 Å². The second-order valence-corrected chi connectivity index (χ2v) is 21.7. The highest BCUT2D eigenvalue weighted by Crippen LogP contribution is 2.39. The lowest BCUT2D eigenvalue weighted by Gasteiger charge is -2.44. The van der Waals surface area contributed by atoms with Gasteiger partial charge in [-0.15, -0.1) is 0 Å². The minimum absolute atomic E-state index is 0.0670. The summed E-state index contributed by atoms with van der Waals surface area (Å²) < 4.78 is 39.9. The number of sulfone groups is 1. The lowest BCUT2D eigenvalue weighted by molar-refractivity contribution is -0.133. The van der Waals surface area contributed by atoms with Gasteiger partial charge in [-0.05, 0) is 89.8 Å². The number of H-pyrrole nitrogens is 1. The first-order chi connectivity index (χ1) is 30.7. The highest BCUT2D eigenvalue weighted by atomic mass is 32.2. The summed E-state index contributed by atoms with van der Waals surface area (Å²) in [5.41, 5.74) is 3.66. The quantitative estimate of drug-likeness (QED) is 0.0891. The number of aromatic amines is 1. The molecule has 348 valence electrons. The number of nitrogens with zero attached hydrogens (tertiary/aromatic N) is 7. The highest BCUT2D eigenvalue weighted by Gasteiger charge is 2.41. The number of aldehydes is 1. The van der Waals surface area contributed by atoms with Crippen molar-refractivity contribution in [2.24, 2.45) is 5.41 Å². The summed E-state index contributed by atoms with van der Waals surface area (Å²) in [6.07, 6.45) is 3.85. The number of aryl methyl sites for hydroxylation is 1. The number of aliphatic hydroxyl groups is 1. The molecule has 4 atom stereocenters. The van der Waals surface area contributed by atoms with Gasteiger partial charge in [0, 0.05) is 61.3 Å². The second-order valence-electron chi connectivity index (χ2n) is 19.0. The summed E-state index contributed by atoms with van der Waals surface area (Å²) in [5, 5.41) is 28.7. The van der Waals surface area contributed by atoms with Crippen molar-refractivity contribution in [3.8, 4) is 17.4 Å². The Hall–Kier alpha value is -5.76. The Labute approximate surface area is 380 Å². The number of benzene rings is 2. The van der Waals surface area contributed by atoms with Crippen molar-refractivity contribution in [2.45, 2.75) is 128 Å². The van der Waals surface area contributed by atoms with Crippen LogP contribution < -0.4 is 30.3 Å². The predicted molar refractivity (Wildman–Crippen MR) is 247 cm³/mol. The summed E-state index contributed by atoms with van der Waals surface area (Å²) in [7, 11) is -2.18. The molecule has 1 fully saturated rings. The molecule has 2 aliphatic heterocycles. The Balaban J connectivity index is 1.05. The zero-order chi connectivity index (χ0) is 47.0.